The monoisotopic (exact) mass is 292 g/mol. The van der Waals surface area contributed by atoms with Crippen LogP contribution in [0.25, 0.3) is 0 Å². The Morgan fingerprint density at radius 3 is 2.40 bits per heavy atom. The van der Waals surface area contributed by atoms with E-state index in [1.807, 2.05) is 6.07 Å². The molecule has 1 aromatic carbocycles. The van der Waals surface area contributed by atoms with Gasteiger partial charge in [0.1, 0.15) is 0 Å². The van der Waals surface area contributed by atoms with Crippen molar-refractivity contribution in [3.05, 3.63) is 29.8 Å². The smallest absolute Gasteiger partial charge is 0.179 e. The molecule has 2 rings (SSSR count). The standard InChI is InChI=1S/C15H20N2O2S/c1-13-6-8-17(9-7-13)10-11-20(18,19)15-4-2-14(12-16)3-5-15/h2-5,13H,6-11H2,1H3. The van der Waals surface area contributed by atoms with E-state index >= 15 is 0 Å². The van der Waals surface area contributed by atoms with Crippen LogP contribution in [0.15, 0.2) is 29.2 Å². The first kappa shape index (κ1) is 15.0. The van der Waals surface area contributed by atoms with E-state index in [4.69, 9.17) is 5.26 Å². The summed E-state index contributed by atoms with van der Waals surface area (Å²) in [6, 6.07) is 8.13. The maximum absolute atomic E-state index is 12.2. The third-order valence-corrected chi connectivity index (χ3v) is 5.61. The first-order valence-electron chi connectivity index (χ1n) is 6.96. The minimum atomic E-state index is -3.25. The van der Waals surface area contributed by atoms with Crippen LogP contribution in [0.1, 0.15) is 25.3 Å². The van der Waals surface area contributed by atoms with E-state index in [-0.39, 0.29) is 5.75 Å². The fraction of sp³-hybridized carbons (Fsp3) is 0.533. The van der Waals surface area contributed by atoms with Crippen molar-refractivity contribution >= 4 is 9.84 Å². The average Bonchev–Trinajstić information content (AvgIpc) is 2.47. The first-order chi connectivity index (χ1) is 9.51. The second-order valence-electron chi connectivity index (χ2n) is 5.48. The van der Waals surface area contributed by atoms with Gasteiger partial charge in [0.2, 0.25) is 0 Å². The summed E-state index contributed by atoms with van der Waals surface area (Å²) in [6.07, 6.45) is 2.30. The molecule has 1 aromatic rings. The van der Waals surface area contributed by atoms with Gasteiger partial charge in [0.15, 0.2) is 9.84 Å². The molecule has 5 heteroatoms. The van der Waals surface area contributed by atoms with Gasteiger partial charge in [0, 0.05) is 6.54 Å². The van der Waals surface area contributed by atoms with Gasteiger partial charge in [-0.3, -0.25) is 0 Å². The van der Waals surface area contributed by atoms with Crippen LogP contribution < -0.4 is 0 Å². The van der Waals surface area contributed by atoms with Gasteiger partial charge in [-0.2, -0.15) is 5.26 Å². The van der Waals surface area contributed by atoms with Gasteiger partial charge in [-0.25, -0.2) is 8.42 Å². The van der Waals surface area contributed by atoms with Crippen LogP contribution >= 0.6 is 0 Å². The molecule has 4 nitrogen and oxygen atoms in total. The van der Waals surface area contributed by atoms with Gasteiger partial charge < -0.3 is 4.90 Å². The van der Waals surface area contributed by atoms with Gasteiger partial charge in [-0.15, -0.1) is 0 Å². The zero-order valence-corrected chi connectivity index (χ0v) is 12.6. The zero-order chi connectivity index (χ0) is 14.6. The molecule has 0 N–H and O–H groups in total. The second kappa shape index (κ2) is 6.38. The third kappa shape index (κ3) is 3.81. The van der Waals surface area contributed by atoms with Crippen LogP contribution in [0.2, 0.25) is 0 Å². The molecule has 0 amide bonds. The fourth-order valence-electron chi connectivity index (χ4n) is 2.39. The molecule has 0 bridgehead atoms. The summed E-state index contributed by atoms with van der Waals surface area (Å²) in [5.74, 6) is 0.897. The number of hydrogen-bond donors (Lipinski definition) is 0. The molecule has 20 heavy (non-hydrogen) atoms. The number of sulfone groups is 1. The quantitative estimate of drug-likeness (QED) is 0.852. The van der Waals surface area contributed by atoms with E-state index in [9.17, 15) is 8.42 Å². The van der Waals surface area contributed by atoms with E-state index in [1.54, 1.807) is 12.1 Å². The summed E-state index contributed by atoms with van der Waals surface area (Å²) in [6.45, 7) is 4.81. The summed E-state index contributed by atoms with van der Waals surface area (Å²) in [4.78, 5) is 2.53. The lowest BCUT2D eigenvalue weighted by Gasteiger charge is -2.29. The lowest BCUT2D eigenvalue weighted by molar-refractivity contribution is 0.202. The molecule has 1 heterocycles. The van der Waals surface area contributed by atoms with Crippen molar-refractivity contribution in [1.82, 2.24) is 4.90 Å². The highest BCUT2D eigenvalue weighted by molar-refractivity contribution is 7.91. The van der Waals surface area contributed by atoms with E-state index < -0.39 is 9.84 Å². The molecule has 0 radical (unpaired) electrons. The van der Waals surface area contributed by atoms with Crippen LogP contribution in [0.4, 0.5) is 0 Å². The van der Waals surface area contributed by atoms with Crippen molar-refractivity contribution in [2.24, 2.45) is 5.92 Å². The number of piperidine rings is 1. The van der Waals surface area contributed by atoms with Gasteiger partial charge in [-0.05, 0) is 56.1 Å². The molecule has 0 atom stereocenters. The highest BCUT2D eigenvalue weighted by Gasteiger charge is 2.19. The second-order valence-corrected chi connectivity index (χ2v) is 7.59. The number of nitriles is 1. The van der Waals surface area contributed by atoms with Crippen molar-refractivity contribution in [3.8, 4) is 6.07 Å². The van der Waals surface area contributed by atoms with E-state index in [0.717, 1.165) is 31.8 Å². The fourth-order valence-corrected chi connectivity index (χ4v) is 3.67. The largest absolute Gasteiger partial charge is 0.302 e. The van der Waals surface area contributed by atoms with Gasteiger partial charge in [0.25, 0.3) is 0 Å². The van der Waals surface area contributed by atoms with E-state index in [2.05, 4.69) is 11.8 Å². The normalized spacial score (nSPS) is 17.8. The van der Waals surface area contributed by atoms with Crippen molar-refractivity contribution in [3.63, 3.8) is 0 Å². The van der Waals surface area contributed by atoms with Crippen molar-refractivity contribution < 1.29 is 8.42 Å². The number of rotatable bonds is 4. The van der Waals surface area contributed by atoms with E-state index in [1.165, 1.54) is 12.1 Å². The van der Waals surface area contributed by atoms with Gasteiger partial charge in [0.05, 0.1) is 22.3 Å². The summed E-state index contributed by atoms with van der Waals surface area (Å²) in [5.41, 5.74) is 0.481. The maximum Gasteiger partial charge on any atom is 0.179 e. The Balaban J connectivity index is 1.95. The lowest BCUT2D eigenvalue weighted by atomic mass is 9.99. The molecule has 108 valence electrons. The summed E-state index contributed by atoms with van der Waals surface area (Å²) in [5, 5.41) is 8.72. The molecule has 0 aromatic heterocycles. The number of hydrogen-bond acceptors (Lipinski definition) is 4. The van der Waals surface area contributed by atoms with E-state index in [0.29, 0.717) is 17.0 Å². The number of nitrogens with zero attached hydrogens (tertiary/aromatic N) is 2. The summed E-state index contributed by atoms with van der Waals surface area (Å²) in [7, 11) is -3.25. The minimum absolute atomic E-state index is 0.146. The Labute approximate surface area is 120 Å². The zero-order valence-electron chi connectivity index (χ0n) is 11.7. The predicted molar refractivity (Wildman–Crippen MR) is 78.0 cm³/mol. The SMILES string of the molecule is CC1CCN(CCS(=O)(=O)c2ccc(C#N)cc2)CC1. The Hall–Kier alpha value is -1.38. The van der Waals surface area contributed by atoms with Crippen molar-refractivity contribution in [1.29, 1.82) is 5.26 Å². The molecule has 0 spiro atoms. The van der Waals surface area contributed by atoms with Gasteiger partial charge >= 0.3 is 0 Å². The Bertz CT molecular complexity index is 579. The molecule has 0 saturated carbocycles. The Morgan fingerprint density at radius 1 is 1.25 bits per heavy atom. The average molecular weight is 292 g/mol. The minimum Gasteiger partial charge on any atom is -0.302 e. The molecule has 1 saturated heterocycles. The van der Waals surface area contributed by atoms with Crippen LogP contribution in [-0.4, -0.2) is 38.7 Å². The van der Waals surface area contributed by atoms with Crippen LogP contribution in [-0.2, 0) is 9.84 Å². The Kier molecular flexibility index (Phi) is 4.79. The molecule has 0 aliphatic carbocycles. The van der Waals surface area contributed by atoms with Crippen molar-refractivity contribution in [2.45, 2.75) is 24.7 Å². The highest BCUT2D eigenvalue weighted by Crippen LogP contribution is 2.17. The summed E-state index contributed by atoms with van der Waals surface area (Å²) >= 11 is 0. The lowest BCUT2D eigenvalue weighted by Crippen LogP contribution is -2.36. The van der Waals surface area contributed by atoms with Crippen LogP contribution in [0, 0.1) is 17.2 Å². The van der Waals surface area contributed by atoms with Crippen molar-refractivity contribution in [2.75, 3.05) is 25.4 Å². The number of likely N-dealkylation sites (tertiary alicyclic amines) is 1. The molecule has 1 aliphatic heterocycles. The molecular formula is C15H20N2O2S. The third-order valence-electron chi connectivity index (χ3n) is 3.90. The molecule has 0 unspecified atom stereocenters. The molecule has 1 fully saturated rings. The summed E-state index contributed by atoms with van der Waals surface area (Å²) < 4.78 is 24.5. The highest BCUT2D eigenvalue weighted by atomic mass is 32.2. The first-order valence-corrected chi connectivity index (χ1v) is 8.62. The molecule has 1 aliphatic rings. The predicted octanol–water partition coefficient (Wildman–Crippen LogP) is 2.06. The maximum atomic E-state index is 12.2. The topological polar surface area (TPSA) is 61.2 Å². The Morgan fingerprint density at radius 2 is 1.85 bits per heavy atom. The number of benzene rings is 1. The van der Waals surface area contributed by atoms with Gasteiger partial charge in [-0.1, -0.05) is 6.92 Å². The van der Waals surface area contributed by atoms with Crippen LogP contribution in [0.5, 0.6) is 0 Å². The van der Waals surface area contributed by atoms with Crippen LogP contribution in [0.3, 0.4) is 0 Å². The molecular weight excluding hydrogens is 272 g/mol.